The van der Waals surface area contributed by atoms with Gasteiger partial charge >= 0.3 is 0 Å². The van der Waals surface area contributed by atoms with Gasteiger partial charge < -0.3 is 10.6 Å². The molecule has 130 valence electrons. The summed E-state index contributed by atoms with van der Waals surface area (Å²) in [6, 6.07) is 15.5. The Morgan fingerprint density at radius 1 is 1.24 bits per heavy atom. The molecule has 25 heavy (non-hydrogen) atoms. The van der Waals surface area contributed by atoms with Crippen LogP contribution in [0, 0.1) is 0 Å². The average Bonchev–Trinajstić information content (AvgIpc) is 2.81. The van der Waals surface area contributed by atoms with Crippen LogP contribution in [-0.2, 0) is 4.79 Å². The number of fused-ring (bicyclic) bond motifs is 1. The maximum atomic E-state index is 12.7. The Morgan fingerprint density at radius 3 is 2.80 bits per heavy atom. The van der Waals surface area contributed by atoms with E-state index in [1.807, 2.05) is 42.5 Å². The number of carbonyl (C=O) groups excluding carboxylic acids is 2. The molecule has 0 saturated heterocycles. The van der Waals surface area contributed by atoms with E-state index in [1.165, 1.54) is 0 Å². The lowest BCUT2D eigenvalue weighted by Crippen LogP contribution is -2.28. The molecule has 3 rings (SSSR count). The topological polar surface area (TPSA) is 58.2 Å². The molecule has 4 nitrogen and oxygen atoms in total. The lowest BCUT2D eigenvalue weighted by atomic mass is 10.0. The van der Waals surface area contributed by atoms with E-state index < -0.39 is 0 Å². The van der Waals surface area contributed by atoms with E-state index in [9.17, 15) is 9.59 Å². The average molecular weight is 354 g/mol. The molecule has 5 heteroatoms. The first kappa shape index (κ1) is 17.5. The predicted molar refractivity (Wildman–Crippen MR) is 102 cm³/mol. The van der Waals surface area contributed by atoms with Crippen molar-refractivity contribution in [2.45, 2.75) is 37.1 Å². The molecule has 1 heterocycles. The van der Waals surface area contributed by atoms with Crippen LogP contribution in [0.15, 0.2) is 53.4 Å². The smallest absolute Gasteiger partial charge is 0.251 e. The highest BCUT2D eigenvalue weighted by molar-refractivity contribution is 7.99. The van der Waals surface area contributed by atoms with Gasteiger partial charge in [-0.3, -0.25) is 9.59 Å². The molecule has 1 aliphatic rings. The number of hydrogen-bond donors (Lipinski definition) is 2. The maximum absolute atomic E-state index is 12.7. The molecule has 0 bridgehead atoms. The van der Waals surface area contributed by atoms with E-state index in [2.05, 4.69) is 17.6 Å². The second-order valence-electron chi connectivity index (χ2n) is 6.08. The third-order valence-corrected chi connectivity index (χ3v) is 5.26. The predicted octanol–water partition coefficient (Wildman–Crippen LogP) is 4.39. The van der Waals surface area contributed by atoms with Gasteiger partial charge in [-0.15, -0.1) is 11.8 Å². The van der Waals surface area contributed by atoms with Gasteiger partial charge in [-0.05, 0) is 30.2 Å². The first-order valence-electron chi connectivity index (χ1n) is 8.60. The highest BCUT2D eigenvalue weighted by Gasteiger charge is 2.18. The molecule has 2 amide bonds. The van der Waals surface area contributed by atoms with Gasteiger partial charge in [0.05, 0.1) is 11.7 Å². The SMILES string of the molecule is CCCC(NC(=O)c1ccc2c(c1)NC(=O)CCS2)c1ccccc1. The van der Waals surface area contributed by atoms with Crippen LogP contribution in [0.1, 0.15) is 48.1 Å². The van der Waals surface area contributed by atoms with Crippen molar-refractivity contribution in [3.63, 3.8) is 0 Å². The lowest BCUT2D eigenvalue weighted by molar-refractivity contribution is -0.115. The Hall–Kier alpha value is -2.27. The highest BCUT2D eigenvalue weighted by atomic mass is 32.2. The molecule has 2 aromatic carbocycles. The number of amides is 2. The van der Waals surface area contributed by atoms with Gasteiger partial charge in [0, 0.05) is 22.6 Å². The van der Waals surface area contributed by atoms with Crippen molar-refractivity contribution in [2.75, 3.05) is 11.1 Å². The zero-order chi connectivity index (χ0) is 17.6. The molecule has 1 unspecified atom stereocenters. The van der Waals surface area contributed by atoms with Crippen molar-refractivity contribution in [1.29, 1.82) is 0 Å². The van der Waals surface area contributed by atoms with Gasteiger partial charge in [0.2, 0.25) is 5.91 Å². The van der Waals surface area contributed by atoms with Crippen molar-refractivity contribution in [3.8, 4) is 0 Å². The second-order valence-corrected chi connectivity index (χ2v) is 7.22. The minimum Gasteiger partial charge on any atom is -0.345 e. The number of hydrogen-bond acceptors (Lipinski definition) is 3. The van der Waals surface area contributed by atoms with Crippen LogP contribution in [0.25, 0.3) is 0 Å². The number of rotatable bonds is 5. The van der Waals surface area contributed by atoms with E-state index in [1.54, 1.807) is 17.8 Å². The number of benzene rings is 2. The lowest BCUT2D eigenvalue weighted by Gasteiger charge is -2.19. The van der Waals surface area contributed by atoms with E-state index in [-0.39, 0.29) is 17.9 Å². The Morgan fingerprint density at radius 2 is 2.04 bits per heavy atom. The molecular formula is C20H22N2O2S. The maximum Gasteiger partial charge on any atom is 0.251 e. The molecule has 0 saturated carbocycles. The van der Waals surface area contributed by atoms with E-state index in [0.717, 1.165) is 34.7 Å². The van der Waals surface area contributed by atoms with Gasteiger partial charge in [0.25, 0.3) is 5.91 Å². The third-order valence-electron chi connectivity index (χ3n) is 4.19. The fourth-order valence-corrected chi connectivity index (χ4v) is 3.84. The van der Waals surface area contributed by atoms with E-state index in [0.29, 0.717) is 12.0 Å². The zero-order valence-electron chi connectivity index (χ0n) is 14.2. The minimum atomic E-state index is -0.117. The summed E-state index contributed by atoms with van der Waals surface area (Å²) in [6.45, 7) is 2.11. The number of thioether (sulfide) groups is 1. The van der Waals surface area contributed by atoms with Crippen molar-refractivity contribution >= 4 is 29.3 Å². The summed E-state index contributed by atoms with van der Waals surface area (Å²) in [5.41, 5.74) is 2.40. The normalized spacial score (nSPS) is 14.8. The number of anilines is 1. The van der Waals surface area contributed by atoms with Gasteiger partial charge in [0.15, 0.2) is 0 Å². The summed E-state index contributed by atoms with van der Waals surface area (Å²) in [5, 5.41) is 6.01. The monoisotopic (exact) mass is 354 g/mol. The largest absolute Gasteiger partial charge is 0.345 e. The van der Waals surface area contributed by atoms with E-state index in [4.69, 9.17) is 0 Å². The molecule has 0 spiro atoms. The Labute approximate surface area is 152 Å². The van der Waals surface area contributed by atoms with Crippen molar-refractivity contribution in [2.24, 2.45) is 0 Å². The van der Waals surface area contributed by atoms with Gasteiger partial charge in [-0.2, -0.15) is 0 Å². The Bertz CT molecular complexity index is 762. The van der Waals surface area contributed by atoms with Crippen LogP contribution >= 0.6 is 11.8 Å². The van der Waals surface area contributed by atoms with Crippen LogP contribution in [0.3, 0.4) is 0 Å². The van der Waals surface area contributed by atoms with Crippen LogP contribution in [0.5, 0.6) is 0 Å². The van der Waals surface area contributed by atoms with Crippen LogP contribution < -0.4 is 10.6 Å². The van der Waals surface area contributed by atoms with Crippen molar-refractivity contribution in [1.82, 2.24) is 5.32 Å². The first-order valence-corrected chi connectivity index (χ1v) is 9.58. The number of nitrogens with one attached hydrogen (secondary N) is 2. The summed E-state index contributed by atoms with van der Waals surface area (Å²) >= 11 is 1.64. The Kier molecular flexibility index (Phi) is 5.76. The summed E-state index contributed by atoms with van der Waals surface area (Å²) < 4.78 is 0. The fraction of sp³-hybridized carbons (Fsp3) is 0.300. The van der Waals surface area contributed by atoms with E-state index >= 15 is 0 Å². The minimum absolute atomic E-state index is 0.00282. The quantitative estimate of drug-likeness (QED) is 0.837. The van der Waals surface area contributed by atoms with Crippen LogP contribution in [0.4, 0.5) is 5.69 Å². The summed E-state index contributed by atoms with van der Waals surface area (Å²) in [4.78, 5) is 25.5. The molecule has 0 aromatic heterocycles. The first-order chi connectivity index (χ1) is 12.2. The molecule has 0 aliphatic carbocycles. The molecule has 0 radical (unpaired) electrons. The highest BCUT2D eigenvalue weighted by Crippen LogP contribution is 2.31. The molecule has 2 N–H and O–H groups in total. The zero-order valence-corrected chi connectivity index (χ0v) is 15.1. The fourth-order valence-electron chi connectivity index (χ4n) is 2.90. The standard InChI is InChI=1S/C20H22N2O2S/c1-2-6-16(14-7-4-3-5-8-14)22-20(24)15-9-10-18-17(13-15)21-19(23)11-12-25-18/h3-5,7-10,13,16H,2,6,11-12H2,1H3,(H,21,23)(H,22,24). The number of carbonyl (C=O) groups is 2. The van der Waals surface area contributed by atoms with Crippen LogP contribution in [-0.4, -0.2) is 17.6 Å². The third kappa shape index (κ3) is 4.42. The Balaban J connectivity index is 1.79. The molecule has 1 aliphatic heterocycles. The molecule has 2 aromatic rings. The second kappa shape index (κ2) is 8.21. The van der Waals surface area contributed by atoms with Crippen LogP contribution in [0.2, 0.25) is 0 Å². The summed E-state index contributed by atoms with van der Waals surface area (Å²) in [7, 11) is 0. The summed E-state index contributed by atoms with van der Waals surface area (Å²) in [5.74, 6) is 0.641. The summed E-state index contributed by atoms with van der Waals surface area (Å²) in [6.07, 6.45) is 2.36. The molecule has 1 atom stereocenters. The van der Waals surface area contributed by atoms with Crippen molar-refractivity contribution in [3.05, 3.63) is 59.7 Å². The van der Waals surface area contributed by atoms with Gasteiger partial charge in [-0.25, -0.2) is 0 Å². The van der Waals surface area contributed by atoms with Crippen molar-refractivity contribution < 1.29 is 9.59 Å². The van der Waals surface area contributed by atoms with Gasteiger partial charge in [-0.1, -0.05) is 43.7 Å². The molecule has 0 fully saturated rings. The molecular weight excluding hydrogens is 332 g/mol. The van der Waals surface area contributed by atoms with Gasteiger partial charge in [0.1, 0.15) is 0 Å².